The summed E-state index contributed by atoms with van der Waals surface area (Å²) in [5, 5.41) is 9.98. The Hall–Kier alpha value is -1.10. The van der Waals surface area contributed by atoms with Crippen molar-refractivity contribution in [2.24, 2.45) is 5.92 Å². The molecule has 1 aliphatic carbocycles. The fraction of sp³-hybridized carbons (Fsp3) is 0.667. The van der Waals surface area contributed by atoms with Crippen LogP contribution in [0.5, 0.6) is 5.75 Å². The van der Waals surface area contributed by atoms with Gasteiger partial charge in [-0.3, -0.25) is 4.90 Å². The van der Waals surface area contributed by atoms with Gasteiger partial charge in [-0.25, -0.2) is 0 Å². The van der Waals surface area contributed by atoms with Gasteiger partial charge in [0.2, 0.25) is 0 Å². The van der Waals surface area contributed by atoms with Gasteiger partial charge in [-0.2, -0.15) is 0 Å². The Kier molecular flexibility index (Phi) is 5.34. The maximum atomic E-state index is 9.98. The van der Waals surface area contributed by atoms with Gasteiger partial charge in [0.25, 0.3) is 0 Å². The van der Waals surface area contributed by atoms with Crippen molar-refractivity contribution >= 4 is 0 Å². The zero-order valence-electron chi connectivity index (χ0n) is 13.4. The van der Waals surface area contributed by atoms with Crippen molar-refractivity contribution in [3.05, 3.63) is 29.8 Å². The minimum Gasteiger partial charge on any atom is -0.491 e. The van der Waals surface area contributed by atoms with E-state index >= 15 is 0 Å². The molecule has 1 saturated carbocycles. The van der Waals surface area contributed by atoms with Gasteiger partial charge >= 0.3 is 0 Å². The Labute approximate surface area is 133 Å². The molecule has 2 aliphatic rings. The first-order valence-corrected chi connectivity index (χ1v) is 8.40. The fourth-order valence-corrected chi connectivity index (χ4v) is 2.98. The van der Waals surface area contributed by atoms with Gasteiger partial charge in [0.15, 0.2) is 0 Å². The van der Waals surface area contributed by atoms with E-state index in [9.17, 15) is 5.11 Å². The van der Waals surface area contributed by atoms with E-state index in [2.05, 4.69) is 24.1 Å². The van der Waals surface area contributed by atoms with Crippen LogP contribution in [0.15, 0.2) is 24.3 Å². The molecule has 0 radical (unpaired) electrons. The lowest BCUT2D eigenvalue weighted by molar-refractivity contribution is 0.0679. The molecule has 1 aromatic carbocycles. The number of aliphatic hydroxyl groups is 1. The van der Waals surface area contributed by atoms with Crippen molar-refractivity contribution < 1.29 is 14.6 Å². The van der Waals surface area contributed by atoms with Crippen LogP contribution in [0.25, 0.3) is 0 Å². The topological polar surface area (TPSA) is 41.9 Å². The monoisotopic (exact) mass is 305 g/mol. The molecule has 0 bridgehead atoms. The van der Waals surface area contributed by atoms with Crippen LogP contribution in [0.2, 0.25) is 0 Å². The predicted octanol–water partition coefficient (Wildman–Crippen LogP) is 2.45. The van der Waals surface area contributed by atoms with Gasteiger partial charge in [0.1, 0.15) is 12.4 Å². The molecule has 1 aromatic rings. The van der Waals surface area contributed by atoms with E-state index in [1.54, 1.807) is 0 Å². The maximum absolute atomic E-state index is 9.98. The molecule has 2 unspecified atom stereocenters. The highest BCUT2D eigenvalue weighted by Crippen LogP contribution is 2.32. The van der Waals surface area contributed by atoms with E-state index in [4.69, 9.17) is 9.47 Å². The third-order valence-electron chi connectivity index (χ3n) is 4.50. The van der Waals surface area contributed by atoms with Crippen LogP contribution < -0.4 is 4.74 Å². The average Bonchev–Trinajstić information content (AvgIpc) is 3.24. The van der Waals surface area contributed by atoms with Crippen molar-refractivity contribution in [1.29, 1.82) is 0 Å². The van der Waals surface area contributed by atoms with Gasteiger partial charge in [-0.05, 0) is 56.3 Å². The molecular weight excluding hydrogens is 278 g/mol. The van der Waals surface area contributed by atoms with Crippen LogP contribution in [0.3, 0.4) is 0 Å². The van der Waals surface area contributed by atoms with E-state index in [0.29, 0.717) is 12.5 Å². The molecule has 1 N–H and O–H groups in total. The number of hydrogen-bond donors (Lipinski definition) is 1. The molecule has 1 aliphatic heterocycles. The average molecular weight is 305 g/mol. The van der Waals surface area contributed by atoms with Crippen LogP contribution in [-0.2, 0) is 11.3 Å². The van der Waals surface area contributed by atoms with Gasteiger partial charge in [-0.15, -0.1) is 0 Å². The first kappa shape index (κ1) is 15.8. The molecule has 2 fully saturated rings. The molecule has 0 aromatic heterocycles. The summed E-state index contributed by atoms with van der Waals surface area (Å²) in [7, 11) is 2.06. The van der Waals surface area contributed by atoms with Crippen LogP contribution in [-0.4, -0.2) is 49.0 Å². The van der Waals surface area contributed by atoms with Crippen LogP contribution in [0.1, 0.15) is 31.2 Å². The number of ether oxygens (including phenoxy) is 2. The molecule has 4 heteroatoms. The number of aliphatic hydroxyl groups excluding tert-OH is 1. The van der Waals surface area contributed by atoms with Gasteiger partial charge in [-0.1, -0.05) is 12.1 Å². The summed E-state index contributed by atoms with van der Waals surface area (Å²) in [5.41, 5.74) is 1.25. The molecule has 22 heavy (non-hydrogen) atoms. The van der Waals surface area contributed by atoms with Crippen molar-refractivity contribution in [2.45, 2.75) is 44.4 Å². The molecule has 1 heterocycles. The molecule has 1 saturated heterocycles. The smallest absolute Gasteiger partial charge is 0.119 e. The second-order valence-corrected chi connectivity index (χ2v) is 6.69. The van der Waals surface area contributed by atoms with E-state index in [-0.39, 0.29) is 12.2 Å². The number of likely N-dealkylation sites (N-methyl/N-ethyl adjacent to an activating group) is 1. The van der Waals surface area contributed by atoms with Crippen molar-refractivity contribution in [3.8, 4) is 5.75 Å². The van der Waals surface area contributed by atoms with Crippen molar-refractivity contribution in [3.63, 3.8) is 0 Å². The number of rotatable bonds is 8. The van der Waals surface area contributed by atoms with Gasteiger partial charge < -0.3 is 14.6 Å². The normalized spacial score (nSPS) is 23.0. The van der Waals surface area contributed by atoms with Gasteiger partial charge in [0, 0.05) is 19.7 Å². The Bertz CT molecular complexity index is 452. The summed E-state index contributed by atoms with van der Waals surface area (Å²) in [4.78, 5) is 2.19. The SMILES string of the molecule is CN(Cc1ccc(OCC2CCCO2)cc1)CC(O)C1CC1. The van der Waals surface area contributed by atoms with Crippen LogP contribution >= 0.6 is 0 Å². The second-order valence-electron chi connectivity index (χ2n) is 6.69. The Morgan fingerprint density at radius 2 is 2.05 bits per heavy atom. The molecule has 0 spiro atoms. The summed E-state index contributed by atoms with van der Waals surface area (Å²) in [6.07, 6.45) is 4.71. The molecule has 2 atom stereocenters. The van der Waals surface area contributed by atoms with E-state index < -0.39 is 0 Å². The summed E-state index contributed by atoms with van der Waals surface area (Å²) in [6.45, 7) is 3.12. The Morgan fingerprint density at radius 3 is 2.68 bits per heavy atom. The maximum Gasteiger partial charge on any atom is 0.119 e. The summed E-state index contributed by atoms with van der Waals surface area (Å²) in [5.74, 6) is 1.44. The number of hydrogen-bond acceptors (Lipinski definition) is 4. The summed E-state index contributed by atoms with van der Waals surface area (Å²) in [6, 6.07) is 8.25. The summed E-state index contributed by atoms with van der Waals surface area (Å²) >= 11 is 0. The third-order valence-corrected chi connectivity index (χ3v) is 4.50. The highest BCUT2D eigenvalue weighted by Gasteiger charge is 2.30. The zero-order valence-corrected chi connectivity index (χ0v) is 13.4. The minimum atomic E-state index is -0.168. The zero-order chi connectivity index (χ0) is 15.4. The minimum absolute atomic E-state index is 0.168. The molecule has 3 rings (SSSR count). The highest BCUT2D eigenvalue weighted by atomic mass is 16.5. The lowest BCUT2D eigenvalue weighted by Gasteiger charge is -2.20. The molecular formula is C18H27NO3. The lowest BCUT2D eigenvalue weighted by atomic mass is 10.2. The van der Waals surface area contributed by atoms with E-state index in [1.807, 2.05) is 12.1 Å². The largest absolute Gasteiger partial charge is 0.491 e. The molecule has 122 valence electrons. The Morgan fingerprint density at radius 1 is 1.27 bits per heavy atom. The lowest BCUT2D eigenvalue weighted by Crippen LogP contribution is -2.30. The molecule has 4 nitrogen and oxygen atoms in total. The third kappa shape index (κ3) is 4.70. The highest BCUT2D eigenvalue weighted by molar-refractivity contribution is 5.27. The Balaban J connectivity index is 1.41. The predicted molar refractivity (Wildman–Crippen MR) is 86.0 cm³/mol. The van der Waals surface area contributed by atoms with E-state index in [1.165, 1.54) is 18.4 Å². The van der Waals surface area contributed by atoms with Crippen molar-refractivity contribution in [2.75, 3.05) is 26.8 Å². The van der Waals surface area contributed by atoms with E-state index in [0.717, 1.165) is 38.3 Å². The van der Waals surface area contributed by atoms with Gasteiger partial charge in [0.05, 0.1) is 12.2 Å². The second kappa shape index (κ2) is 7.44. The number of nitrogens with zero attached hydrogens (tertiary/aromatic N) is 1. The van der Waals surface area contributed by atoms with Crippen LogP contribution in [0, 0.1) is 5.92 Å². The summed E-state index contributed by atoms with van der Waals surface area (Å²) < 4.78 is 11.3. The molecule has 0 amide bonds. The standard InChI is InChI=1S/C18H27NO3/c1-19(12-18(20)15-6-7-15)11-14-4-8-16(9-5-14)22-13-17-3-2-10-21-17/h4-5,8-9,15,17-18,20H,2-3,6-7,10-13H2,1H3. The van der Waals surface area contributed by atoms with Crippen molar-refractivity contribution in [1.82, 2.24) is 4.90 Å². The quantitative estimate of drug-likeness (QED) is 0.801. The first-order valence-electron chi connectivity index (χ1n) is 8.40. The fourth-order valence-electron chi connectivity index (χ4n) is 2.98. The van der Waals surface area contributed by atoms with Crippen LogP contribution in [0.4, 0.5) is 0 Å². The first-order chi connectivity index (χ1) is 10.7. The number of benzene rings is 1.